The van der Waals surface area contributed by atoms with E-state index < -0.39 is 34.9 Å². The average molecular weight is 651 g/mol. The molecule has 5 unspecified atom stereocenters. The number of nitrogens with zero attached hydrogens (tertiary/aromatic N) is 2. The summed E-state index contributed by atoms with van der Waals surface area (Å²) in [5, 5.41) is 3.14. The van der Waals surface area contributed by atoms with Gasteiger partial charge in [-0.05, 0) is 35.4 Å². The molecule has 3 amide bonds. The fourth-order valence-electron chi connectivity index (χ4n) is 7.08. The van der Waals surface area contributed by atoms with Gasteiger partial charge in [-0.3, -0.25) is 19.8 Å². The number of methoxy groups -OCH3 is 1. The molecule has 0 saturated carbocycles. The Morgan fingerprint density at radius 1 is 0.755 bits per heavy atom. The zero-order valence-corrected chi connectivity index (χ0v) is 27.0. The van der Waals surface area contributed by atoms with Crippen molar-refractivity contribution in [1.29, 1.82) is 0 Å². The van der Waals surface area contributed by atoms with Gasteiger partial charge in [-0.25, -0.2) is 0 Å². The van der Waals surface area contributed by atoms with Gasteiger partial charge in [0.1, 0.15) is 18.4 Å². The first kappa shape index (κ1) is 31.6. The van der Waals surface area contributed by atoms with Gasteiger partial charge in [0.25, 0.3) is 11.8 Å². The summed E-state index contributed by atoms with van der Waals surface area (Å²) < 4.78 is 11.0. The maximum atomic E-state index is 15.1. The minimum absolute atomic E-state index is 0.0233. The van der Waals surface area contributed by atoms with Crippen molar-refractivity contribution < 1.29 is 28.3 Å². The number of hydrogen-bond acceptors (Lipinski definition) is 5. The van der Waals surface area contributed by atoms with E-state index in [0.717, 1.165) is 11.1 Å². The van der Waals surface area contributed by atoms with Gasteiger partial charge in [-0.1, -0.05) is 133 Å². The fourth-order valence-corrected chi connectivity index (χ4v) is 7.08. The predicted molar refractivity (Wildman–Crippen MR) is 187 cm³/mol. The molecule has 244 valence electrons. The van der Waals surface area contributed by atoms with Crippen molar-refractivity contribution in [2.75, 3.05) is 12.0 Å². The topological polar surface area (TPSA) is 84.9 Å². The standard InChI is InChI=1S/C41H35N3O5/c1-48-34-25-23-33(24-26-34)43-35(27-22-29-14-6-2-7-15-29)37(40(43)46)44(41(47)49-28-30-16-8-3-9-17-30)36(31-18-10-4-11-19-31)39(45)42-38(44)32-20-12-5-13-21-32/h2-27,35-38H,28H2,1H3/p+1. The van der Waals surface area contributed by atoms with Crippen molar-refractivity contribution in [3.05, 3.63) is 174 Å². The van der Waals surface area contributed by atoms with Crippen molar-refractivity contribution in [1.82, 2.24) is 5.32 Å². The van der Waals surface area contributed by atoms with Crippen molar-refractivity contribution >= 4 is 29.7 Å². The van der Waals surface area contributed by atoms with E-state index in [2.05, 4.69) is 5.32 Å². The molecule has 5 atom stereocenters. The lowest BCUT2D eigenvalue weighted by Gasteiger charge is -2.54. The molecule has 1 N–H and O–H groups in total. The maximum absolute atomic E-state index is 15.1. The van der Waals surface area contributed by atoms with Crippen molar-refractivity contribution in [3.8, 4) is 5.75 Å². The van der Waals surface area contributed by atoms with Gasteiger partial charge in [-0.15, -0.1) is 0 Å². The molecule has 2 saturated heterocycles. The summed E-state index contributed by atoms with van der Waals surface area (Å²) in [4.78, 5) is 46.0. The number of carbonyl (C=O) groups is 3. The lowest BCUT2D eigenvalue weighted by Crippen LogP contribution is -2.79. The number of hydrogen-bond donors (Lipinski definition) is 1. The minimum atomic E-state index is -1.07. The van der Waals surface area contributed by atoms with Crippen LogP contribution in [-0.2, 0) is 20.9 Å². The highest BCUT2D eigenvalue weighted by atomic mass is 16.6. The molecule has 2 fully saturated rings. The highest BCUT2D eigenvalue weighted by Gasteiger charge is 2.73. The Morgan fingerprint density at radius 2 is 1.33 bits per heavy atom. The van der Waals surface area contributed by atoms with Crippen LogP contribution in [0.4, 0.5) is 10.5 Å². The van der Waals surface area contributed by atoms with E-state index in [0.29, 0.717) is 22.6 Å². The van der Waals surface area contributed by atoms with E-state index in [4.69, 9.17) is 9.47 Å². The van der Waals surface area contributed by atoms with Crippen molar-refractivity contribution in [2.24, 2.45) is 0 Å². The summed E-state index contributed by atoms with van der Waals surface area (Å²) >= 11 is 0. The predicted octanol–water partition coefficient (Wildman–Crippen LogP) is 7.22. The zero-order chi connectivity index (χ0) is 33.8. The Balaban J connectivity index is 1.43. The Bertz CT molecular complexity index is 1950. The number of β-lactam (4-membered cyclic amide) rings is 1. The third-order valence-corrected chi connectivity index (χ3v) is 9.34. The van der Waals surface area contributed by atoms with Gasteiger partial charge >= 0.3 is 6.09 Å². The summed E-state index contributed by atoms with van der Waals surface area (Å²) in [7, 11) is 1.59. The second kappa shape index (κ2) is 13.6. The van der Waals surface area contributed by atoms with Gasteiger partial charge in [0.05, 0.1) is 7.11 Å². The molecule has 8 nitrogen and oxygen atoms in total. The Kier molecular flexibility index (Phi) is 8.79. The zero-order valence-electron chi connectivity index (χ0n) is 27.0. The second-order valence-corrected chi connectivity index (χ2v) is 12.1. The molecule has 49 heavy (non-hydrogen) atoms. The molecular weight excluding hydrogens is 614 g/mol. The Hall–Kier alpha value is -5.99. The van der Waals surface area contributed by atoms with E-state index in [1.165, 1.54) is 0 Å². The van der Waals surface area contributed by atoms with E-state index in [9.17, 15) is 9.59 Å². The normalized spacial score (nSPS) is 23.2. The summed E-state index contributed by atoms with van der Waals surface area (Å²) in [6.45, 7) is -0.0233. The van der Waals surface area contributed by atoms with E-state index >= 15 is 4.79 Å². The van der Waals surface area contributed by atoms with Gasteiger partial charge in [0.2, 0.25) is 18.2 Å². The number of ether oxygens (including phenoxy) is 2. The van der Waals surface area contributed by atoms with Crippen LogP contribution in [0.25, 0.3) is 6.08 Å². The first-order chi connectivity index (χ1) is 24.0. The largest absolute Gasteiger partial charge is 0.520 e. The molecule has 0 radical (unpaired) electrons. The highest BCUT2D eigenvalue weighted by molar-refractivity contribution is 6.07. The van der Waals surface area contributed by atoms with Gasteiger partial charge in [0, 0.05) is 16.8 Å². The monoisotopic (exact) mass is 650 g/mol. The first-order valence-corrected chi connectivity index (χ1v) is 16.2. The van der Waals surface area contributed by atoms with Crippen LogP contribution in [0.1, 0.15) is 34.5 Å². The highest BCUT2D eigenvalue weighted by Crippen LogP contribution is 2.52. The molecular formula is C41H36N3O5+. The maximum Gasteiger partial charge on any atom is 0.520 e. The van der Waals surface area contributed by atoms with Crippen LogP contribution in [0.15, 0.2) is 152 Å². The Morgan fingerprint density at radius 3 is 1.94 bits per heavy atom. The molecule has 0 spiro atoms. The van der Waals surface area contributed by atoms with Gasteiger partial charge in [0.15, 0.2) is 0 Å². The van der Waals surface area contributed by atoms with E-state index in [1.807, 2.05) is 146 Å². The molecule has 2 heterocycles. The number of nitrogens with one attached hydrogen (secondary N) is 1. The van der Waals surface area contributed by atoms with Gasteiger partial charge < -0.3 is 9.47 Å². The average Bonchev–Trinajstić information content (AvgIpc) is 3.46. The summed E-state index contributed by atoms with van der Waals surface area (Å²) in [5.74, 6) is -0.0126. The SMILES string of the molecule is COc1ccc(N2C(=O)C([N+]3(C(=O)OCc4ccccc4)C(c4ccccc4)NC(=O)C3c3ccccc3)C2C=Cc2ccccc2)cc1. The molecule has 7 rings (SSSR count). The quantitative estimate of drug-likeness (QED) is 0.135. The molecule has 0 aliphatic carbocycles. The Labute approximate surface area is 285 Å². The lowest BCUT2D eigenvalue weighted by atomic mass is 9.85. The van der Waals surface area contributed by atoms with Crippen LogP contribution in [-0.4, -0.2) is 41.6 Å². The summed E-state index contributed by atoms with van der Waals surface area (Å²) in [6, 6.07) is 42.2. The molecule has 0 aromatic heterocycles. The third kappa shape index (κ3) is 5.76. The van der Waals surface area contributed by atoms with Crippen molar-refractivity contribution in [2.45, 2.75) is 30.9 Å². The lowest BCUT2D eigenvalue weighted by molar-refractivity contribution is -0.919. The fraction of sp³-hybridized carbons (Fsp3) is 0.146. The molecule has 8 heteroatoms. The summed E-state index contributed by atoms with van der Waals surface area (Å²) in [6.07, 6.45) is 2.31. The molecule has 0 bridgehead atoms. The van der Waals surface area contributed by atoms with Crippen molar-refractivity contribution in [3.63, 3.8) is 0 Å². The molecule has 2 aliphatic rings. The summed E-state index contributed by atoms with van der Waals surface area (Å²) in [5.41, 5.74) is 3.67. The third-order valence-electron chi connectivity index (χ3n) is 9.34. The van der Waals surface area contributed by atoms with Crippen LogP contribution in [0, 0.1) is 0 Å². The molecule has 5 aromatic carbocycles. The van der Waals surface area contributed by atoms with Crippen LogP contribution in [0.5, 0.6) is 5.75 Å². The molecule has 2 aliphatic heterocycles. The first-order valence-electron chi connectivity index (χ1n) is 16.2. The number of rotatable bonds is 9. The molecule has 5 aromatic rings. The number of benzene rings is 5. The number of quaternary nitrogens is 1. The van der Waals surface area contributed by atoms with Crippen LogP contribution < -0.4 is 15.0 Å². The van der Waals surface area contributed by atoms with Crippen LogP contribution >= 0.6 is 0 Å². The second-order valence-electron chi connectivity index (χ2n) is 12.1. The smallest absolute Gasteiger partial charge is 0.497 e. The van der Waals surface area contributed by atoms with Crippen LogP contribution in [0.3, 0.4) is 0 Å². The van der Waals surface area contributed by atoms with E-state index in [1.54, 1.807) is 24.1 Å². The van der Waals surface area contributed by atoms with Crippen LogP contribution in [0.2, 0.25) is 0 Å². The number of anilines is 1. The number of amides is 3. The minimum Gasteiger partial charge on any atom is -0.497 e. The number of carbonyl (C=O) groups excluding carboxylic acids is 3. The van der Waals surface area contributed by atoms with E-state index in [-0.39, 0.29) is 18.4 Å². The van der Waals surface area contributed by atoms with Gasteiger partial charge in [-0.2, -0.15) is 9.28 Å².